The number of carbonyl (C=O) groups excluding carboxylic acids is 1. The maximum Gasteiger partial charge on any atom is 0.407 e. The first-order valence-corrected chi connectivity index (χ1v) is 8.57. The summed E-state index contributed by atoms with van der Waals surface area (Å²) in [6.45, 7) is 7.68. The number of alkyl carbamates (subject to hydrolysis) is 1. The maximum absolute atomic E-state index is 11.9. The number of hydrogen-bond acceptors (Lipinski definition) is 4. The zero-order chi connectivity index (χ0) is 16.0. The van der Waals surface area contributed by atoms with Gasteiger partial charge in [-0.15, -0.1) is 0 Å². The molecule has 6 heteroatoms. The molecule has 0 aliphatic carbocycles. The van der Waals surface area contributed by atoms with Crippen molar-refractivity contribution in [2.24, 2.45) is 5.92 Å². The summed E-state index contributed by atoms with van der Waals surface area (Å²) in [5.41, 5.74) is -0.490. The van der Waals surface area contributed by atoms with Crippen LogP contribution in [0.2, 0.25) is 0 Å². The number of aliphatic carboxylic acids is 1. The van der Waals surface area contributed by atoms with Crippen molar-refractivity contribution in [3.8, 4) is 0 Å². The highest BCUT2D eigenvalue weighted by Gasteiger charge is 2.35. The largest absolute Gasteiger partial charge is 0.481 e. The van der Waals surface area contributed by atoms with E-state index >= 15 is 0 Å². The van der Waals surface area contributed by atoms with Crippen LogP contribution in [-0.2, 0) is 9.53 Å². The topological polar surface area (TPSA) is 75.6 Å². The zero-order valence-corrected chi connectivity index (χ0v) is 14.2. The smallest absolute Gasteiger partial charge is 0.407 e. The lowest BCUT2D eigenvalue weighted by molar-refractivity contribution is -0.137. The fraction of sp³-hybridized carbons (Fsp3) is 0.867. The van der Waals surface area contributed by atoms with Crippen LogP contribution in [0.3, 0.4) is 0 Å². The Morgan fingerprint density at radius 3 is 2.57 bits per heavy atom. The summed E-state index contributed by atoms with van der Waals surface area (Å²) < 4.78 is 5.32. The third-order valence-corrected chi connectivity index (χ3v) is 5.07. The van der Waals surface area contributed by atoms with Gasteiger partial charge in [-0.2, -0.15) is 11.8 Å². The summed E-state index contributed by atoms with van der Waals surface area (Å²) in [5.74, 6) is 0.683. The number of carbonyl (C=O) groups is 2. The van der Waals surface area contributed by atoms with Crippen LogP contribution < -0.4 is 5.32 Å². The molecular weight excluding hydrogens is 290 g/mol. The maximum atomic E-state index is 11.9. The Balaban J connectivity index is 2.41. The quantitative estimate of drug-likeness (QED) is 0.735. The van der Waals surface area contributed by atoms with E-state index in [1.165, 1.54) is 0 Å². The van der Waals surface area contributed by atoms with Gasteiger partial charge >= 0.3 is 12.1 Å². The molecule has 5 nitrogen and oxygen atoms in total. The number of hydrogen-bond donors (Lipinski definition) is 2. The minimum atomic E-state index is -0.745. The summed E-state index contributed by atoms with van der Waals surface area (Å²) in [5, 5.41) is 12.0. The van der Waals surface area contributed by atoms with Crippen molar-refractivity contribution in [3.05, 3.63) is 0 Å². The predicted molar refractivity (Wildman–Crippen MR) is 84.7 cm³/mol. The lowest BCUT2D eigenvalue weighted by atomic mass is 9.97. The Kier molecular flexibility index (Phi) is 6.84. The van der Waals surface area contributed by atoms with Crippen LogP contribution in [0.1, 0.15) is 53.4 Å². The molecule has 0 aromatic carbocycles. The number of thioether (sulfide) groups is 1. The number of carboxylic acids is 1. The molecule has 1 amide bonds. The second-order valence-electron chi connectivity index (χ2n) is 6.66. The molecule has 21 heavy (non-hydrogen) atoms. The predicted octanol–water partition coefficient (Wildman–Crippen LogP) is 3.28. The first-order chi connectivity index (χ1) is 9.69. The van der Waals surface area contributed by atoms with E-state index in [0.717, 1.165) is 18.6 Å². The van der Waals surface area contributed by atoms with E-state index < -0.39 is 11.6 Å². The molecule has 3 atom stereocenters. The van der Waals surface area contributed by atoms with Gasteiger partial charge < -0.3 is 15.2 Å². The number of unbranched alkanes of at least 4 members (excludes halogenated alkanes) is 1. The second-order valence-corrected chi connectivity index (χ2v) is 7.93. The highest BCUT2D eigenvalue weighted by atomic mass is 32.2. The van der Waals surface area contributed by atoms with Gasteiger partial charge in [0.05, 0.1) is 0 Å². The summed E-state index contributed by atoms with van der Waals surface area (Å²) >= 11 is 1.86. The van der Waals surface area contributed by atoms with E-state index in [2.05, 4.69) is 12.2 Å². The zero-order valence-electron chi connectivity index (χ0n) is 13.3. The van der Waals surface area contributed by atoms with Crippen LogP contribution in [0.4, 0.5) is 4.79 Å². The van der Waals surface area contributed by atoms with E-state index in [4.69, 9.17) is 9.84 Å². The molecule has 0 aromatic rings. The summed E-state index contributed by atoms with van der Waals surface area (Å²) in [4.78, 5) is 22.4. The van der Waals surface area contributed by atoms with E-state index in [-0.39, 0.29) is 18.6 Å². The molecular formula is C15H27NO4S. The average molecular weight is 317 g/mol. The number of nitrogens with one attached hydrogen (secondary N) is 1. The molecule has 0 saturated carbocycles. The van der Waals surface area contributed by atoms with Crippen LogP contribution in [-0.4, -0.2) is 39.8 Å². The first-order valence-electron chi connectivity index (χ1n) is 7.52. The van der Waals surface area contributed by atoms with Crippen molar-refractivity contribution in [2.45, 2.75) is 70.3 Å². The van der Waals surface area contributed by atoms with Crippen molar-refractivity contribution in [1.82, 2.24) is 5.32 Å². The Hall–Kier alpha value is -0.910. The first kappa shape index (κ1) is 18.1. The molecule has 122 valence electrons. The Morgan fingerprint density at radius 2 is 2.00 bits per heavy atom. The van der Waals surface area contributed by atoms with E-state index in [1.807, 2.05) is 32.5 Å². The van der Waals surface area contributed by atoms with Gasteiger partial charge in [0.25, 0.3) is 0 Å². The summed E-state index contributed by atoms with van der Waals surface area (Å²) in [6, 6.07) is 0.106. The molecule has 0 aromatic heterocycles. The van der Waals surface area contributed by atoms with Crippen LogP contribution in [0.15, 0.2) is 0 Å². The molecule has 0 bridgehead atoms. The van der Waals surface area contributed by atoms with Gasteiger partial charge in [0, 0.05) is 17.7 Å². The lowest BCUT2D eigenvalue weighted by Crippen LogP contribution is -2.45. The van der Waals surface area contributed by atoms with Crippen LogP contribution >= 0.6 is 11.8 Å². The molecule has 1 rings (SSSR count). The third kappa shape index (κ3) is 7.07. The SMILES string of the molecule is C[C@H]1CS[C@@H](CCCCC(=O)O)[C@H]1NC(=O)OC(C)(C)C. The van der Waals surface area contributed by atoms with E-state index in [1.54, 1.807) is 0 Å². The van der Waals surface area contributed by atoms with Crippen molar-refractivity contribution < 1.29 is 19.4 Å². The summed E-state index contributed by atoms with van der Waals surface area (Å²) in [7, 11) is 0. The Labute approximate surface area is 131 Å². The standard InChI is InChI=1S/C15H27NO4S/c1-10-9-21-11(7-5-6-8-12(17)18)13(10)16-14(19)20-15(2,3)4/h10-11,13H,5-9H2,1-4H3,(H,16,19)(H,17,18)/t10-,11-,13-/m0/s1. The Morgan fingerprint density at radius 1 is 1.33 bits per heavy atom. The van der Waals surface area contributed by atoms with Gasteiger partial charge in [-0.3, -0.25) is 4.79 Å². The normalized spacial score (nSPS) is 25.6. The van der Waals surface area contributed by atoms with Crippen LogP contribution in [0.25, 0.3) is 0 Å². The van der Waals surface area contributed by atoms with Crippen molar-refractivity contribution in [3.63, 3.8) is 0 Å². The molecule has 1 aliphatic rings. The second kappa shape index (κ2) is 7.92. The molecule has 2 N–H and O–H groups in total. The molecule has 1 aliphatic heterocycles. The van der Waals surface area contributed by atoms with E-state index in [9.17, 15) is 9.59 Å². The van der Waals surface area contributed by atoms with Crippen LogP contribution in [0, 0.1) is 5.92 Å². The summed E-state index contributed by atoms with van der Waals surface area (Å²) in [6.07, 6.45) is 2.36. The third-order valence-electron chi connectivity index (χ3n) is 3.40. The molecule has 0 unspecified atom stereocenters. The van der Waals surface area contributed by atoms with Gasteiger partial charge in [-0.05, 0) is 45.3 Å². The van der Waals surface area contributed by atoms with Gasteiger partial charge in [0.1, 0.15) is 5.60 Å². The number of amides is 1. The van der Waals surface area contributed by atoms with E-state index in [0.29, 0.717) is 17.6 Å². The van der Waals surface area contributed by atoms with Gasteiger partial charge in [-0.25, -0.2) is 4.79 Å². The highest BCUT2D eigenvalue weighted by Crippen LogP contribution is 2.35. The molecule has 0 spiro atoms. The van der Waals surface area contributed by atoms with Gasteiger partial charge in [0.2, 0.25) is 0 Å². The minimum Gasteiger partial charge on any atom is -0.481 e. The minimum absolute atomic E-state index is 0.106. The van der Waals surface area contributed by atoms with Crippen molar-refractivity contribution in [1.29, 1.82) is 0 Å². The van der Waals surface area contributed by atoms with Crippen molar-refractivity contribution in [2.75, 3.05) is 5.75 Å². The monoisotopic (exact) mass is 317 g/mol. The molecule has 1 fully saturated rings. The van der Waals surface area contributed by atoms with Gasteiger partial charge in [0.15, 0.2) is 0 Å². The lowest BCUT2D eigenvalue weighted by Gasteiger charge is -2.26. The molecule has 1 heterocycles. The molecule has 0 radical (unpaired) electrons. The highest BCUT2D eigenvalue weighted by molar-refractivity contribution is 8.00. The molecule has 1 saturated heterocycles. The number of rotatable bonds is 6. The fourth-order valence-electron chi connectivity index (χ4n) is 2.41. The fourth-order valence-corrected chi connectivity index (χ4v) is 4.05. The average Bonchev–Trinajstić information content (AvgIpc) is 2.64. The Bertz CT molecular complexity index is 367. The number of carboxylic acid groups (broad SMARTS) is 1. The van der Waals surface area contributed by atoms with Crippen molar-refractivity contribution >= 4 is 23.8 Å². The van der Waals surface area contributed by atoms with Gasteiger partial charge in [-0.1, -0.05) is 13.3 Å². The number of ether oxygens (including phenoxy) is 1. The van der Waals surface area contributed by atoms with Crippen LogP contribution in [0.5, 0.6) is 0 Å².